The zero-order valence-electron chi connectivity index (χ0n) is 10.5. The summed E-state index contributed by atoms with van der Waals surface area (Å²) >= 11 is 3.35. The molecule has 1 heterocycles. The lowest BCUT2D eigenvalue weighted by molar-refractivity contribution is 0.500. The quantitative estimate of drug-likeness (QED) is 0.892. The number of nitrogens with two attached hydrogens (primary N) is 1. The molecule has 0 amide bonds. The van der Waals surface area contributed by atoms with E-state index in [4.69, 9.17) is 5.73 Å². The predicted molar refractivity (Wildman–Crippen MR) is 73.5 cm³/mol. The highest BCUT2D eigenvalue weighted by molar-refractivity contribution is 9.10. The van der Waals surface area contributed by atoms with Gasteiger partial charge in [0.05, 0.1) is 17.9 Å². The van der Waals surface area contributed by atoms with E-state index in [0.717, 1.165) is 12.2 Å². The highest BCUT2D eigenvalue weighted by Crippen LogP contribution is 2.21. The minimum atomic E-state index is -0.104. The number of anilines is 1. The molecule has 6 heteroatoms. The van der Waals surface area contributed by atoms with Gasteiger partial charge in [-0.2, -0.15) is 5.10 Å². The smallest absolute Gasteiger partial charge is 0.283 e. The molecular formula is C11H19BrN4O. The summed E-state index contributed by atoms with van der Waals surface area (Å²) < 4.78 is 2.01. The fraction of sp³-hybridized carbons (Fsp3) is 0.636. The Morgan fingerprint density at radius 2 is 2.24 bits per heavy atom. The number of hydrogen-bond donors (Lipinski definition) is 1. The van der Waals surface area contributed by atoms with Crippen LogP contribution in [0.3, 0.4) is 0 Å². The molecule has 0 saturated carbocycles. The molecule has 0 aromatic carbocycles. The molecule has 0 unspecified atom stereocenters. The second-order valence-corrected chi connectivity index (χ2v) is 4.85. The molecule has 96 valence electrons. The van der Waals surface area contributed by atoms with Crippen LogP contribution in [0.4, 0.5) is 5.69 Å². The zero-order chi connectivity index (χ0) is 13.0. The van der Waals surface area contributed by atoms with Crippen LogP contribution >= 0.6 is 15.9 Å². The van der Waals surface area contributed by atoms with Gasteiger partial charge in [-0.3, -0.25) is 4.79 Å². The fourth-order valence-electron chi connectivity index (χ4n) is 1.63. The van der Waals surface area contributed by atoms with Gasteiger partial charge in [-0.1, -0.05) is 0 Å². The lowest BCUT2D eigenvalue weighted by atomic mass is 10.3. The summed E-state index contributed by atoms with van der Waals surface area (Å²) in [6.45, 7) is 7.93. The number of aromatic nitrogens is 2. The van der Waals surface area contributed by atoms with E-state index >= 15 is 0 Å². The first-order chi connectivity index (χ1) is 8.02. The average Bonchev–Trinajstić information content (AvgIpc) is 2.29. The van der Waals surface area contributed by atoms with Gasteiger partial charge in [0.2, 0.25) is 0 Å². The van der Waals surface area contributed by atoms with Crippen LogP contribution in [0, 0.1) is 0 Å². The number of nitrogens with zero attached hydrogens (tertiary/aromatic N) is 3. The maximum atomic E-state index is 12.1. The Hall–Kier alpha value is -0.880. The lowest BCUT2D eigenvalue weighted by Crippen LogP contribution is -2.33. The van der Waals surface area contributed by atoms with E-state index in [0.29, 0.717) is 17.6 Å². The first-order valence-electron chi connectivity index (χ1n) is 5.75. The van der Waals surface area contributed by atoms with Gasteiger partial charge in [-0.15, -0.1) is 0 Å². The molecule has 0 fully saturated rings. The SMILES string of the molecule is CCN(CCN)c1cnn(C(C)C)c(=O)c1Br. The number of rotatable bonds is 5. The number of halogens is 1. The Labute approximate surface area is 110 Å². The molecular weight excluding hydrogens is 284 g/mol. The van der Waals surface area contributed by atoms with E-state index < -0.39 is 0 Å². The Morgan fingerprint density at radius 3 is 2.71 bits per heavy atom. The van der Waals surface area contributed by atoms with Gasteiger partial charge in [-0.25, -0.2) is 4.68 Å². The maximum absolute atomic E-state index is 12.1. The third-order valence-electron chi connectivity index (χ3n) is 2.54. The first-order valence-corrected chi connectivity index (χ1v) is 6.54. The second kappa shape index (κ2) is 6.16. The van der Waals surface area contributed by atoms with Crippen molar-refractivity contribution < 1.29 is 0 Å². The molecule has 0 aliphatic rings. The molecule has 0 saturated heterocycles. The van der Waals surface area contributed by atoms with Crippen LogP contribution in [0.15, 0.2) is 15.5 Å². The molecule has 1 aromatic rings. The van der Waals surface area contributed by atoms with Crippen molar-refractivity contribution in [3.05, 3.63) is 21.0 Å². The highest BCUT2D eigenvalue weighted by Gasteiger charge is 2.14. The first kappa shape index (κ1) is 14.2. The van der Waals surface area contributed by atoms with E-state index in [1.165, 1.54) is 4.68 Å². The predicted octanol–water partition coefficient (Wildman–Crippen LogP) is 1.37. The molecule has 2 N–H and O–H groups in total. The van der Waals surface area contributed by atoms with Gasteiger partial charge in [-0.05, 0) is 36.7 Å². The Morgan fingerprint density at radius 1 is 1.59 bits per heavy atom. The van der Waals surface area contributed by atoms with Gasteiger partial charge < -0.3 is 10.6 Å². The summed E-state index contributed by atoms with van der Waals surface area (Å²) in [5.41, 5.74) is 6.25. The van der Waals surface area contributed by atoms with Crippen LogP contribution in [0.25, 0.3) is 0 Å². The summed E-state index contributed by atoms with van der Waals surface area (Å²) in [4.78, 5) is 14.1. The summed E-state index contributed by atoms with van der Waals surface area (Å²) in [5.74, 6) is 0. The van der Waals surface area contributed by atoms with Crippen LogP contribution in [-0.2, 0) is 0 Å². The largest absolute Gasteiger partial charge is 0.368 e. The summed E-state index contributed by atoms with van der Waals surface area (Å²) in [7, 11) is 0. The minimum absolute atomic E-state index is 0.0532. The second-order valence-electron chi connectivity index (χ2n) is 4.06. The lowest BCUT2D eigenvalue weighted by Gasteiger charge is -2.23. The van der Waals surface area contributed by atoms with Crippen molar-refractivity contribution in [3.63, 3.8) is 0 Å². The van der Waals surface area contributed by atoms with Crippen molar-refractivity contribution in [1.29, 1.82) is 0 Å². The average molecular weight is 303 g/mol. The molecule has 0 atom stereocenters. The number of likely N-dealkylation sites (N-methyl/N-ethyl adjacent to an activating group) is 1. The third-order valence-corrected chi connectivity index (χ3v) is 3.28. The van der Waals surface area contributed by atoms with Crippen molar-refractivity contribution in [2.75, 3.05) is 24.5 Å². The van der Waals surface area contributed by atoms with E-state index in [1.807, 2.05) is 25.7 Å². The third kappa shape index (κ3) is 3.07. The molecule has 0 aliphatic carbocycles. The molecule has 1 aromatic heterocycles. The van der Waals surface area contributed by atoms with E-state index in [9.17, 15) is 4.79 Å². The normalized spacial score (nSPS) is 10.9. The van der Waals surface area contributed by atoms with Gasteiger partial charge in [0.15, 0.2) is 0 Å². The van der Waals surface area contributed by atoms with E-state index in [-0.39, 0.29) is 11.6 Å². The van der Waals surface area contributed by atoms with Crippen LogP contribution in [0.5, 0.6) is 0 Å². The molecule has 0 spiro atoms. The van der Waals surface area contributed by atoms with Crippen molar-refractivity contribution in [3.8, 4) is 0 Å². The Balaban J connectivity index is 3.20. The monoisotopic (exact) mass is 302 g/mol. The molecule has 0 bridgehead atoms. The summed E-state index contributed by atoms with van der Waals surface area (Å²) in [5, 5.41) is 4.18. The zero-order valence-corrected chi connectivity index (χ0v) is 12.1. The van der Waals surface area contributed by atoms with Gasteiger partial charge in [0.25, 0.3) is 5.56 Å². The Kier molecular flexibility index (Phi) is 5.14. The van der Waals surface area contributed by atoms with Crippen molar-refractivity contribution >= 4 is 21.6 Å². The maximum Gasteiger partial charge on any atom is 0.283 e. The van der Waals surface area contributed by atoms with Crippen LogP contribution in [-0.4, -0.2) is 29.4 Å². The van der Waals surface area contributed by atoms with Crippen LogP contribution in [0.2, 0.25) is 0 Å². The highest BCUT2D eigenvalue weighted by atomic mass is 79.9. The minimum Gasteiger partial charge on any atom is -0.368 e. The number of hydrogen-bond acceptors (Lipinski definition) is 4. The van der Waals surface area contributed by atoms with Gasteiger partial charge in [0.1, 0.15) is 4.47 Å². The van der Waals surface area contributed by atoms with E-state index in [1.54, 1.807) is 6.20 Å². The topological polar surface area (TPSA) is 64.2 Å². The molecule has 17 heavy (non-hydrogen) atoms. The van der Waals surface area contributed by atoms with Crippen LogP contribution < -0.4 is 16.2 Å². The van der Waals surface area contributed by atoms with Crippen molar-refractivity contribution in [2.24, 2.45) is 5.73 Å². The Bertz CT molecular complexity index is 430. The van der Waals surface area contributed by atoms with Gasteiger partial charge >= 0.3 is 0 Å². The molecule has 0 aliphatic heterocycles. The van der Waals surface area contributed by atoms with Gasteiger partial charge in [0, 0.05) is 19.6 Å². The van der Waals surface area contributed by atoms with Crippen molar-refractivity contribution in [2.45, 2.75) is 26.8 Å². The summed E-state index contributed by atoms with van der Waals surface area (Å²) in [6.07, 6.45) is 1.71. The van der Waals surface area contributed by atoms with Crippen molar-refractivity contribution in [1.82, 2.24) is 9.78 Å². The van der Waals surface area contributed by atoms with E-state index in [2.05, 4.69) is 21.0 Å². The summed E-state index contributed by atoms with van der Waals surface area (Å²) in [6, 6.07) is 0.0532. The molecule has 5 nitrogen and oxygen atoms in total. The molecule has 0 radical (unpaired) electrons. The molecule has 1 rings (SSSR count). The van der Waals surface area contributed by atoms with Crippen LogP contribution in [0.1, 0.15) is 26.8 Å². The fourth-order valence-corrected chi connectivity index (χ4v) is 2.16. The standard InChI is InChI=1S/C11H19BrN4O/c1-4-15(6-5-13)9-7-14-16(8(2)3)11(17)10(9)12/h7-8H,4-6,13H2,1-3H3.